The van der Waals surface area contributed by atoms with Gasteiger partial charge >= 0.3 is 0 Å². The zero-order valence-corrected chi connectivity index (χ0v) is 16.4. The van der Waals surface area contributed by atoms with Crippen molar-refractivity contribution >= 4 is 11.7 Å². The van der Waals surface area contributed by atoms with E-state index in [0.29, 0.717) is 5.82 Å². The van der Waals surface area contributed by atoms with Crippen LogP contribution >= 0.6 is 0 Å². The zero-order valence-electron chi connectivity index (χ0n) is 16.4. The Labute approximate surface area is 167 Å². The predicted octanol–water partition coefficient (Wildman–Crippen LogP) is 2.39. The van der Waals surface area contributed by atoms with Crippen molar-refractivity contribution in [2.75, 3.05) is 5.32 Å². The standard InChI is InChI=1S/C20H20N8O/c1-13-20(17-6-7-24-27(17)3)14(2)28(26-13)12-19(29)25-18-5-4-15(10-23-18)16-11-21-8-9-22-16/h4-11H,12H2,1-3H3,(H,23,25,29). The van der Waals surface area contributed by atoms with Gasteiger partial charge in [-0.15, -0.1) is 0 Å². The molecule has 0 unspecified atom stereocenters. The number of aryl methyl sites for hydroxylation is 2. The molecule has 0 spiro atoms. The van der Waals surface area contributed by atoms with Crippen molar-refractivity contribution < 1.29 is 4.79 Å². The maximum Gasteiger partial charge on any atom is 0.247 e. The average Bonchev–Trinajstić information content (AvgIpc) is 3.25. The second-order valence-corrected chi connectivity index (χ2v) is 6.61. The summed E-state index contributed by atoms with van der Waals surface area (Å²) >= 11 is 0. The summed E-state index contributed by atoms with van der Waals surface area (Å²) in [5, 5.41) is 11.5. The van der Waals surface area contributed by atoms with Gasteiger partial charge in [0.05, 0.1) is 23.3 Å². The Bertz CT molecular complexity index is 1150. The van der Waals surface area contributed by atoms with Crippen molar-refractivity contribution in [2.24, 2.45) is 7.05 Å². The highest BCUT2D eigenvalue weighted by Gasteiger charge is 2.17. The lowest BCUT2D eigenvalue weighted by atomic mass is 10.1. The van der Waals surface area contributed by atoms with Gasteiger partial charge in [0, 0.05) is 48.7 Å². The van der Waals surface area contributed by atoms with Crippen molar-refractivity contribution in [2.45, 2.75) is 20.4 Å². The molecule has 0 saturated carbocycles. The Hall–Kier alpha value is -3.88. The zero-order chi connectivity index (χ0) is 20.4. The molecule has 0 aromatic carbocycles. The van der Waals surface area contributed by atoms with Crippen LogP contribution in [0.25, 0.3) is 22.5 Å². The molecule has 4 heterocycles. The van der Waals surface area contributed by atoms with E-state index in [1.54, 1.807) is 46.4 Å². The molecule has 4 aromatic rings. The third-order valence-corrected chi connectivity index (χ3v) is 4.64. The van der Waals surface area contributed by atoms with Gasteiger partial charge in [-0.2, -0.15) is 10.2 Å². The summed E-state index contributed by atoms with van der Waals surface area (Å²) < 4.78 is 3.49. The summed E-state index contributed by atoms with van der Waals surface area (Å²) in [5.74, 6) is 0.267. The van der Waals surface area contributed by atoms with Crippen LogP contribution in [0.2, 0.25) is 0 Å². The molecule has 1 N–H and O–H groups in total. The second-order valence-electron chi connectivity index (χ2n) is 6.61. The summed E-state index contributed by atoms with van der Waals surface area (Å²) in [7, 11) is 1.88. The number of hydrogen-bond acceptors (Lipinski definition) is 6. The first-order valence-electron chi connectivity index (χ1n) is 9.07. The van der Waals surface area contributed by atoms with Crippen LogP contribution in [0.4, 0.5) is 5.82 Å². The molecule has 0 aliphatic rings. The van der Waals surface area contributed by atoms with Crippen LogP contribution in [-0.2, 0) is 18.4 Å². The average molecular weight is 388 g/mol. The van der Waals surface area contributed by atoms with Gasteiger partial charge in [0.2, 0.25) is 5.91 Å². The van der Waals surface area contributed by atoms with E-state index < -0.39 is 0 Å². The van der Waals surface area contributed by atoms with Crippen molar-refractivity contribution in [1.29, 1.82) is 0 Å². The Morgan fingerprint density at radius 1 is 1.07 bits per heavy atom. The third kappa shape index (κ3) is 3.75. The first-order chi connectivity index (χ1) is 14.0. The topological polar surface area (TPSA) is 103 Å². The number of nitrogens with one attached hydrogen (secondary N) is 1. The normalized spacial score (nSPS) is 10.9. The number of rotatable bonds is 5. The molecule has 0 radical (unpaired) electrons. The first-order valence-corrected chi connectivity index (χ1v) is 9.07. The molecule has 4 aromatic heterocycles. The lowest BCUT2D eigenvalue weighted by Crippen LogP contribution is -2.20. The molecule has 0 saturated heterocycles. The summed E-state index contributed by atoms with van der Waals surface area (Å²) in [6.07, 6.45) is 8.30. The minimum atomic E-state index is -0.202. The molecule has 9 nitrogen and oxygen atoms in total. The van der Waals surface area contributed by atoms with Crippen LogP contribution in [0, 0.1) is 13.8 Å². The first kappa shape index (κ1) is 18.5. The van der Waals surface area contributed by atoms with E-state index in [4.69, 9.17) is 0 Å². The van der Waals surface area contributed by atoms with Crippen molar-refractivity contribution in [3.05, 3.63) is 60.6 Å². The summed E-state index contributed by atoms with van der Waals surface area (Å²) in [5.41, 5.74) is 5.27. The smallest absolute Gasteiger partial charge is 0.247 e. The van der Waals surface area contributed by atoms with Gasteiger partial charge in [-0.1, -0.05) is 0 Å². The summed E-state index contributed by atoms with van der Waals surface area (Å²) in [6, 6.07) is 5.52. The molecule has 0 bridgehead atoms. The Kier molecular flexibility index (Phi) is 4.86. The number of hydrogen-bond donors (Lipinski definition) is 1. The highest BCUT2D eigenvalue weighted by atomic mass is 16.2. The molecule has 1 amide bonds. The fourth-order valence-electron chi connectivity index (χ4n) is 3.23. The molecular formula is C20H20N8O. The maximum atomic E-state index is 12.5. The van der Waals surface area contributed by atoms with Gasteiger partial charge < -0.3 is 5.32 Å². The molecule has 4 rings (SSSR count). The monoisotopic (exact) mass is 388 g/mol. The molecule has 0 fully saturated rings. The number of nitrogens with zero attached hydrogens (tertiary/aromatic N) is 7. The predicted molar refractivity (Wildman–Crippen MR) is 108 cm³/mol. The van der Waals surface area contributed by atoms with Gasteiger partial charge in [-0.25, -0.2) is 4.98 Å². The Balaban J connectivity index is 1.47. The van der Waals surface area contributed by atoms with Crippen LogP contribution in [0.1, 0.15) is 11.4 Å². The van der Waals surface area contributed by atoms with E-state index in [1.807, 2.05) is 33.0 Å². The van der Waals surface area contributed by atoms with E-state index in [0.717, 1.165) is 33.9 Å². The van der Waals surface area contributed by atoms with E-state index in [-0.39, 0.29) is 12.5 Å². The fraction of sp³-hybridized carbons (Fsp3) is 0.200. The Morgan fingerprint density at radius 3 is 2.59 bits per heavy atom. The lowest BCUT2D eigenvalue weighted by Gasteiger charge is -2.08. The molecular weight excluding hydrogens is 368 g/mol. The lowest BCUT2D eigenvalue weighted by molar-refractivity contribution is -0.117. The minimum absolute atomic E-state index is 0.0954. The molecule has 0 aliphatic carbocycles. The SMILES string of the molecule is Cc1nn(CC(=O)Nc2ccc(-c3cnccn3)cn2)c(C)c1-c1ccnn1C. The van der Waals surface area contributed by atoms with E-state index in [1.165, 1.54) is 0 Å². The third-order valence-electron chi connectivity index (χ3n) is 4.64. The number of pyridine rings is 1. The fourth-order valence-corrected chi connectivity index (χ4v) is 3.23. The highest BCUT2D eigenvalue weighted by Crippen LogP contribution is 2.26. The summed E-state index contributed by atoms with van der Waals surface area (Å²) in [4.78, 5) is 25.1. The van der Waals surface area contributed by atoms with Crippen molar-refractivity contribution in [3.8, 4) is 22.5 Å². The summed E-state index contributed by atoms with van der Waals surface area (Å²) in [6.45, 7) is 3.97. The van der Waals surface area contributed by atoms with Crippen LogP contribution in [0.5, 0.6) is 0 Å². The maximum absolute atomic E-state index is 12.5. The molecule has 0 aliphatic heterocycles. The van der Waals surface area contributed by atoms with Crippen LogP contribution in [0.15, 0.2) is 49.2 Å². The minimum Gasteiger partial charge on any atom is -0.309 e. The van der Waals surface area contributed by atoms with Gasteiger partial charge in [0.25, 0.3) is 0 Å². The van der Waals surface area contributed by atoms with Crippen molar-refractivity contribution in [3.63, 3.8) is 0 Å². The number of aromatic nitrogens is 7. The van der Waals surface area contributed by atoms with E-state index in [2.05, 4.69) is 30.5 Å². The van der Waals surface area contributed by atoms with Crippen LogP contribution in [-0.4, -0.2) is 40.4 Å². The molecule has 0 atom stereocenters. The largest absolute Gasteiger partial charge is 0.309 e. The van der Waals surface area contributed by atoms with Gasteiger partial charge in [-0.05, 0) is 32.0 Å². The molecule has 29 heavy (non-hydrogen) atoms. The van der Waals surface area contributed by atoms with Gasteiger partial charge in [-0.3, -0.25) is 24.1 Å². The number of anilines is 1. The van der Waals surface area contributed by atoms with Gasteiger partial charge in [0.1, 0.15) is 12.4 Å². The second kappa shape index (κ2) is 7.63. The quantitative estimate of drug-likeness (QED) is 0.563. The van der Waals surface area contributed by atoms with Gasteiger partial charge in [0.15, 0.2) is 0 Å². The Morgan fingerprint density at radius 2 is 1.93 bits per heavy atom. The van der Waals surface area contributed by atoms with Crippen LogP contribution in [0.3, 0.4) is 0 Å². The van der Waals surface area contributed by atoms with E-state index in [9.17, 15) is 4.79 Å². The number of carbonyl (C=O) groups is 1. The highest BCUT2D eigenvalue weighted by molar-refractivity contribution is 5.89. The van der Waals surface area contributed by atoms with Crippen LogP contribution < -0.4 is 5.32 Å². The van der Waals surface area contributed by atoms with Crippen molar-refractivity contribution in [1.82, 2.24) is 34.5 Å². The number of amides is 1. The molecule has 9 heteroatoms. The number of carbonyl (C=O) groups excluding carboxylic acids is 1. The van der Waals surface area contributed by atoms with E-state index >= 15 is 0 Å². The molecule has 146 valence electrons.